The molecule has 0 N–H and O–H groups in total. The van der Waals surface area contributed by atoms with Crippen LogP contribution in [0.3, 0.4) is 0 Å². The largest absolute Gasteiger partial charge is 0.465 e. The molecule has 0 aliphatic carbocycles. The van der Waals surface area contributed by atoms with Gasteiger partial charge < -0.3 is 9.15 Å². The second-order valence-electron chi connectivity index (χ2n) is 6.24. The Bertz CT molecular complexity index is 1310. The molecule has 10 heteroatoms. The van der Waals surface area contributed by atoms with Crippen molar-refractivity contribution in [1.82, 2.24) is 4.98 Å². The van der Waals surface area contributed by atoms with Crippen molar-refractivity contribution in [3.63, 3.8) is 0 Å². The van der Waals surface area contributed by atoms with Gasteiger partial charge in [0.1, 0.15) is 10.6 Å². The fourth-order valence-corrected chi connectivity index (χ4v) is 4.73. The number of carbonyl (C=O) groups excluding carboxylic acids is 1. The first-order valence-corrected chi connectivity index (χ1v) is 11.2. The standard InChI is InChI=1S/C21H15ClN2O5S2/c1-28-21(25)15-7-3-5-9-18(15)30-20-16(11-14(22)12-23-20)24(31(26)27)19-10-13-6-2-4-8-17(13)29-19/h2-12,31H,1H3. The van der Waals surface area contributed by atoms with Gasteiger partial charge in [0.15, 0.2) is 0 Å². The van der Waals surface area contributed by atoms with Crippen LogP contribution >= 0.6 is 23.4 Å². The van der Waals surface area contributed by atoms with Gasteiger partial charge in [0.05, 0.1) is 23.4 Å². The first-order chi connectivity index (χ1) is 15.0. The quantitative estimate of drug-likeness (QED) is 0.307. The van der Waals surface area contributed by atoms with E-state index in [0.717, 1.165) is 21.5 Å². The van der Waals surface area contributed by atoms with E-state index < -0.39 is 16.9 Å². The van der Waals surface area contributed by atoms with Crippen LogP contribution in [0, 0.1) is 0 Å². The third kappa shape index (κ3) is 4.39. The number of ether oxygens (including phenoxy) is 1. The highest BCUT2D eigenvalue weighted by Gasteiger charge is 2.23. The minimum atomic E-state index is -3.14. The van der Waals surface area contributed by atoms with Gasteiger partial charge in [0.25, 0.3) is 0 Å². The number of benzene rings is 2. The predicted molar refractivity (Wildman–Crippen MR) is 120 cm³/mol. The zero-order valence-corrected chi connectivity index (χ0v) is 18.5. The second-order valence-corrected chi connectivity index (χ2v) is 8.58. The summed E-state index contributed by atoms with van der Waals surface area (Å²) in [6.45, 7) is 0. The topological polar surface area (TPSA) is 89.7 Å². The number of nitrogens with zero attached hydrogens (tertiary/aromatic N) is 2. The molecular weight excluding hydrogens is 460 g/mol. The third-order valence-electron chi connectivity index (χ3n) is 4.31. The van der Waals surface area contributed by atoms with Crippen molar-refractivity contribution in [3.05, 3.63) is 77.4 Å². The Kier molecular flexibility index (Phi) is 6.17. The number of anilines is 2. The summed E-state index contributed by atoms with van der Waals surface area (Å²) in [4.78, 5) is 17.0. The molecule has 0 saturated carbocycles. The fraction of sp³-hybridized carbons (Fsp3) is 0.0476. The van der Waals surface area contributed by atoms with Crippen LogP contribution in [0.1, 0.15) is 10.4 Å². The Morgan fingerprint density at radius 2 is 1.87 bits per heavy atom. The van der Waals surface area contributed by atoms with Crippen molar-refractivity contribution < 1.29 is 22.4 Å². The lowest BCUT2D eigenvalue weighted by atomic mass is 10.2. The molecule has 0 spiro atoms. The fourth-order valence-electron chi connectivity index (χ4n) is 2.94. The van der Waals surface area contributed by atoms with Crippen LogP contribution in [0.2, 0.25) is 5.02 Å². The van der Waals surface area contributed by atoms with Gasteiger partial charge in [-0.25, -0.2) is 22.5 Å². The smallest absolute Gasteiger partial charge is 0.339 e. The van der Waals surface area contributed by atoms with Crippen LogP contribution in [-0.4, -0.2) is 26.5 Å². The molecule has 0 aliphatic heterocycles. The molecule has 158 valence electrons. The maximum absolute atomic E-state index is 12.3. The van der Waals surface area contributed by atoms with Gasteiger partial charge in [-0.1, -0.05) is 53.7 Å². The first-order valence-electron chi connectivity index (χ1n) is 8.91. The highest BCUT2D eigenvalue weighted by atomic mass is 35.5. The molecule has 0 bridgehead atoms. The van der Waals surface area contributed by atoms with Crippen LogP contribution in [0.15, 0.2) is 81.2 Å². The van der Waals surface area contributed by atoms with E-state index in [0.29, 0.717) is 21.1 Å². The monoisotopic (exact) mass is 474 g/mol. The molecule has 0 aliphatic rings. The maximum Gasteiger partial charge on any atom is 0.339 e. The highest BCUT2D eigenvalue weighted by molar-refractivity contribution is 7.99. The average Bonchev–Trinajstić information content (AvgIpc) is 3.18. The lowest BCUT2D eigenvalue weighted by Crippen LogP contribution is -2.15. The Morgan fingerprint density at radius 1 is 1.13 bits per heavy atom. The maximum atomic E-state index is 12.3. The van der Waals surface area contributed by atoms with Crippen molar-refractivity contribution in [2.45, 2.75) is 9.92 Å². The van der Waals surface area contributed by atoms with E-state index in [2.05, 4.69) is 4.98 Å². The number of rotatable bonds is 6. The number of furan rings is 1. The molecule has 7 nitrogen and oxygen atoms in total. The van der Waals surface area contributed by atoms with E-state index in [4.69, 9.17) is 20.8 Å². The molecule has 4 rings (SSSR count). The Labute approximate surface area is 188 Å². The lowest BCUT2D eigenvalue weighted by Gasteiger charge is -2.18. The zero-order valence-electron chi connectivity index (χ0n) is 16.0. The third-order valence-corrected chi connectivity index (χ3v) is 6.34. The van der Waals surface area contributed by atoms with Crippen LogP contribution in [-0.2, 0) is 15.6 Å². The van der Waals surface area contributed by atoms with Gasteiger partial charge >= 0.3 is 5.97 Å². The van der Waals surface area contributed by atoms with Gasteiger partial charge in [0.2, 0.25) is 16.8 Å². The van der Waals surface area contributed by atoms with Crippen molar-refractivity contribution in [3.8, 4) is 0 Å². The van der Waals surface area contributed by atoms with E-state index in [1.165, 1.54) is 19.4 Å². The molecule has 0 atom stereocenters. The summed E-state index contributed by atoms with van der Waals surface area (Å²) >= 11 is 7.26. The Hall–Kier alpha value is -3.01. The van der Waals surface area contributed by atoms with E-state index >= 15 is 0 Å². The number of hydrogen-bond acceptors (Lipinski definition) is 7. The molecule has 0 unspecified atom stereocenters. The second kappa shape index (κ2) is 9.01. The van der Waals surface area contributed by atoms with Crippen LogP contribution in [0.25, 0.3) is 11.0 Å². The van der Waals surface area contributed by atoms with Crippen molar-refractivity contribution in [2.24, 2.45) is 0 Å². The van der Waals surface area contributed by atoms with Crippen LogP contribution in [0.5, 0.6) is 0 Å². The van der Waals surface area contributed by atoms with E-state index in [9.17, 15) is 13.2 Å². The number of para-hydroxylation sites is 1. The van der Waals surface area contributed by atoms with Crippen molar-refractivity contribution >= 4 is 62.8 Å². The number of methoxy groups -OCH3 is 1. The number of fused-ring (bicyclic) bond motifs is 1. The summed E-state index contributed by atoms with van der Waals surface area (Å²) in [5, 5.41) is 1.32. The number of hydrogen-bond donors (Lipinski definition) is 1. The summed E-state index contributed by atoms with van der Waals surface area (Å²) in [6, 6.07) is 17.1. The zero-order chi connectivity index (χ0) is 22.0. The number of pyridine rings is 1. The van der Waals surface area contributed by atoms with Gasteiger partial charge in [-0.05, 0) is 24.3 Å². The Balaban J connectivity index is 1.83. The molecule has 0 radical (unpaired) electrons. The van der Waals surface area contributed by atoms with Gasteiger partial charge in [0, 0.05) is 22.5 Å². The summed E-state index contributed by atoms with van der Waals surface area (Å²) in [5.41, 5.74) is 1.08. The Morgan fingerprint density at radius 3 is 2.61 bits per heavy atom. The number of esters is 1. The minimum absolute atomic E-state index is 0.101. The number of halogens is 1. The molecule has 2 heterocycles. The summed E-state index contributed by atoms with van der Waals surface area (Å²) in [5.74, 6) is -0.410. The van der Waals surface area contributed by atoms with E-state index in [1.54, 1.807) is 42.5 Å². The summed E-state index contributed by atoms with van der Waals surface area (Å²) in [7, 11) is -1.85. The molecule has 31 heavy (non-hydrogen) atoms. The molecular formula is C21H15ClN2O5S2. The SMILES string of the molecule is COC(=O)c1ccccc1Sc1ncc(Cl)cc1N(c1cc2ccccc2o1)[SH](=O)=O. The first kappa shape index (κ1) is 21.2. The van der Waals surface area contributed by atoms with Crippen molar-refractivity contribution in [2.75, 3.05) is 11.4 Å². The molecule has 2 aromatic heterocycles. The highest BCUT2D eigenvalue weighted by Crippen LogP contribution is 2.40. The molecule has 2 aromatic carbocycles. The number of carbonyl (C=O) groups is 1. The molecule has 4 aromatic rings. The van der Waals surface area contributed by atoms with Gasteiger partial charge in [-0.3, -0.25) is 0 Å². The van der Waals surface area contributed by atoms with Gasteiger partial charge in [-0.15, -0.1) is 0 Å². The van der Waals surface area contributed by atoms with Crippen molar-refractivity contribution in [1.29, 1.82) is 0 Å². The van der Waals surface area contributed by atoms with Crippen LogP contribution in [0.4, 0.5) is 11.6 Å². The van der Waals surface area contributed by atoms with Gasteiger partial charge in [-0.2, -0.15) is 0 Å². The van der Waals surface area contributed by atoms with Crippen LogP contribution < -0.4 is 4.31 Å². The molecule has 0 saturated heterocycles. The van der Waals surface area contributed by atoms with E-state index in [1.807, 2.05) is 12.1 Å². The number of aromatic nitrogens is 1. The van der Waals surface area contributed by atoms with E-state index in [-0.39, 0.29) is 16.6 Å². The number of thiol groups is 1. The lowest BCUT2D eigenvalue weighted by molar-refractivity contribution is 0.0597. The minimum Gasteiger partial charge on any atom is -0.465 e. The summed E-state index contributed by atoms with van der Waals surface area (Å²) < 4.78 is 36.1. The average molecular weight is 475 g/mol. The summed E-state index contributed by atoms with van der Waals surface area (Å²) in [6.07, 6.45) is 1.41. The molecule has 0 fully saturated rings. The predicted octanol–water partition coefficient (Wildman–Crippen LogP) is 5.08. The molecule has 0 amide bonds. The normalized spacial score (nSPS) is 11.1.